The maximum atomic E-state index is 5.51. The smallest absolute Gasteiger partial charge is 0.123 e. The first-order valence-electron chi connectivity index (χ1n) is 4.94. The predicted octanol–water partition coefficient (Wildman–Crippen LogP) is 3.47. The van der Waals surface area contributed by atoms with Crippen molar-refractivity contribution in [2.75, 3.05) is 6.61 Å². The second-order valence-corrected chi connectivity index (χ2v) is 4.70. The van der Waals surface area contributed by atoms with Crippen LogP contribution < -0.4 is 0 Å². The van der Waals surface area contributed by atoms with Crippen molar-refractivity contribution in [1.29, 1.82) is 0 Å². The van der Waals surface area contributed by atoms with Gasteiger partial charge in [0.25, 0.3) is 0 Å². The van der Waals surface area contributed by atoms with Crippen LogP contribution in [0.2, 0.25) is 0 Å². The fraction of sp³-hybridized carbons (Fsp3) is 0.273. The van der Waals surface area contributed by atoms with Crippen molar-refractivity contribution >= 4 is 8.15 Å². The molecule has 4 heteroatoms. The lowest BCUT2D eigenvalue weighted by molar-refractivity contribution is 0.381. The average Bonchev–Trinajstić information content (AvgIpc) is 2.74. The zero-order valence-corrected chi connectivity index (χ0v) is 9.56. The second kappa shape index (κ2) is 5.15. The van der Waals surface area contributed by atoms with Crippen LogP contribution in [0.25, 0.3) is 0 Å². The molecule has 15 heavy (non-hydrogen) atoms. The standard InChI is InChI=1S/C11H14NO2P/c1-2-14-15-8-5-12(6-9-15)10-11-4-3-7-13-11/h3-9H,2,10H2,1H3. The Morgan fingerprint density at radius 1 is 1.40 bits per heavy atom. The highest BCUT2D eigenvalue weighted by Crippen LogP contribution is 2.42. The van der Waals surface area contributed by atoms with E-state index in [2.05, 4.69) is 16.5 Å². The van der Waals surface area contributed by atoms with E-state index in [1.54, 1.807) is 6.26 Å². The van der Waals surface area contributed by atoms with E-state index >= 15 is 0 Å². The summed E-state index contributed by atoms with van der Waals surface area (Å²) in [6.45, 7) is 3.55. The minimum Gasteiger partial charge on any atom is -0.467 e. The van der Waals surface area contributed by atoms with Crippen LogP contribution in [0.5, 0.6) is 0 Å². The number of nitrogens with zero attached hydrogens (tertiary/aromatic N) is 1. The second-order valence-electron chi connectivity index (χ2n) is 3.13. The molecule has 0 saturated heterocycles. The van der Waals surface area contributed by atoms with Crippen LogP contribution in [0.1, 0.15) is 12.7 Å². The van der Waals surface area contributed by atoms with Gasteiger partial charge in [-0.25, -0.2) is 0 Å². The van der Waals surface area contributed by atoms with Gasteiger partial charge in [0.05, 0.1) is 21.0 Å². The number of hydrogen-bond donors (Lipinski definition) is 0. The largest absolute Gasteiger partial charge is 0.467 e. The molecule has 0 unspecified atom stereocenters. The lowest BCUT2D eigenvalue weighted by Crippen LogP contribution is -2.09. The fourth-order valence-electron chi connectivity index (χ4n) is 1.33. The van der Waals surface area contributed by atoms with Crippen LogP contribution in [-0.4, -0.2) is 11.5 Å². The zero-order valence-electron chi connectivity index (χ0n) is 8.67. The molecule has 0 spiro atoms. The van der Waals surface area contributed by atoms with Crippen molar-refractivity contribution < 1.29 is 8.94 Å². The van der Waals surface area contributed by atoms with E-state index < -0.39 is 8.15 Å². The first-order chi connectivity index (χ1) is 7.38. The summed E-state index contributed by atoms with van der Waals surface area (Å²) in [5, 5.41) is 0. The molecule has 1 aliphatic rings. The minimum atomic E-state index is -0.495. The molecular formula is C11H14NO2P. The predicted molar refractivity (Wildman–Crippen MR) is 61.1 cm³/mol. The van der Waals surface area contributed by atoms with E-state index in [1.807, 2.05) is 31.5 Å². The molecule has 0 N–H and O–H groups in total. The van der Waals surface area contributed by atoms with Gasteiger partial charge in [-0.1, -0.05) is 0 Å². The highest BCUT2D eigenvalue weighted by Gasteiger charge is 2.07. The van der Waals surface area contributed by atoms with Crippen LogP contribution in [0.3, 0.4) is 0 Å². The first kappa shape index (κ1) is 10.5. The van der Waals surface area contributed by atoms with Gasteiger partial charge in [0, 0.05) is 19.0 Å². The summed E-state index contributed by atoms with van der Waals surface area (Å²) in [5.74, 6) is 5.16. The van der Waals surface area contributed by atoms with E-state index in [0.717, 1.165) is 18.9 Å². The molecule has 1 aliphatic heterocycles. The van der Waals surface area contributed by atoms with Crippen LogP contribution in [-0.2, 0) is 11.1 Å². The molecule has 0 amide bonds. The number of rotatable bonds is 4. The average molecular weight is 223 g/mol. The van der Waals surface area contributed by atoms with Crippen molar-refractivity contribution in [3.63, 3.8) is 0 Å². The van der Waals surface area contributed by atoms with Crippen LogP contribution in [0.15, 0.2) is 46.8 Å². The Morgan fingerprint density at radius 2 is 2.20 bits per heavy atom. The van der Waals surface area contributed by atoms with Gasteiger partial charge in [0.1, 0.15) is 5.76 Å². The van der Waals surface area contributed by atoms with Crippen LogP contribution >= 0.6 is 8.15 Å². The molecular weight excluding hydrogens is 209 g/mol. The Bertz CT molecular complexity index is 331. The Morgan fingerprint density at radius 3 is 2.80 bits per heavy atom. The van der Waals surface area contributed by atoms with E-state index in [4.69, 9.17) is 8.94 Å². The molecule has 0 radical (unpaired) electrons. The summed E-state index contributed by atoms with van der Waals surface area (Å²) in [6.07, 6.45) is 5.79. The Balaban J connectivity index is 1.88. The quantitative estimate of drug-likeness (QED) is 0.731. The molecule has 2 heterocycles. The lowest BCUT2D eigenvalue weighted by Gasteiger charge is -2.20. The summed E-state index contributed by atoms with van der Waals surface area (Å²) in [5.41, 5.74) is 0. The molecule has 0 fully saturated rings. The van der Waals surface area contributed by atoms with Crippen LogP contribution in [0.4, 0.5) is 0 Å². The Labute approximate surface area is 90.9 Å². The van der Waals surface area contributed by atoms with Gasteiger partial charge in [0.2, 0.25) is 0 Å². The molecule has 0 aromatic carbocycles. The summed E-state index contributed by atoms with van der Waals surface area (Å²) < 4.78 is 10.8. The third kappa shape index (κ3) is 2.95. The molecule has 0 saturated carbocycles. The third-order valence-electron chi connectivity index (χ3n) is 2.01. The van der Waals surface area contributed by atoms with E-state index in [9.17, 15) is 0 Å². The molecule has 0 atom stereocenters. The van der Waals surface area contributed by atoms with Crippen molar-refractivity contribution in [3.8, 4) is 0 Å². The molecule has 80 valence electrons. The first-order valence-corrected chi connectivity index (χ1v) is 6.34. The van der Waals surface area contributed by atoms with Gasteiger partial charge >= 0.3 is 0 Å². The molecule has 3 nitrogen and oxygen atoms in total. The monoisotopic (exact) mass is 223 g/mol. The van der Waals surface area contributed by atoms with Crippen molar-refractivity contribution in [1.82, 2.24) is 4.90 Å². The van der Waals surface area contributed by atoms with Gasteiger partial charge in [-0.05, 0) is 30.7 Å². The summed E-state index contributed by atoms with van der Waals surface area (Å²) >= 11 is 0. The Hall–Kier alpha value is -1.05. The van der Waals surface area contributed by atoms with E-state index in [-0.39, 0.29) is 0 Å². The van der Waals surface area contributed by atoms with E-state index in [1.165, 1.54) is 0 Å². The van der Waals surface area contributed by atoms with Gasteiger partial charge in [-0.3, -0.25) is 0 Å². The lowest BCUT2D eigenvalue weighted by atomic mass is 10.4. The maximum Gasteiger partial charge on any atom is 0.123 e. The minimum absolute atomic E-state index is 0.495. The van der Waals surface area contributed by atoms with Gasteiger partial charge in [-0.15, -0.1) is 0 Å². The van der Waals surface area contributed by atoms with Gasteiger partial charge in [0.15, 0.2) is 0 Å². The third-order valence-corrected chi connectivity index (χ3v) is 3.42. The number of hydrogen-bond acceptors (Lipinski definition) is 3. The number of furan rings is 1. The van der Waals surface area contributed by atoms with Gasteiger partial charge < -0.3 is 13.8 Å². The van der Waals surface area contributed by atoms with Crippen LogP contribution in [0, 0.1) is 0 Å². The fourth-order valence-corrected chi connectivity index (χ4v) is 2.50. The highest BCUT2D eigenvalue weighted by molar-refractivity contribution is 7.59. The normalized spacial score (nSPS) is 16.2. The molecule has 1 aromatic heterocycles. The van der Waals surface area contributed by atoms with E-state index in [0.29, 0.717) is 0 Å². The van der Waals surface area contributed by atoms with Crippen molar-refractivity contribution in [3.05, 3.63) is 48.2 Å². The van der Waals surface area contributed by atoms with Gasteiger partial charge in [-0.2, -0.15) is 0 Å². The maximum absolute atomic E-state index is 5.51. The zero-order chi connectivity index (χ0) is 10.5. The SMILES string of the molecule is CCOP1C=CN(Cc2ccco2)C=C1. The molecule has 2 rings (SSSR count). The molecule has 0 aliphatic carbocycles. The van der Waals surface area contributed by atoms with Crippen molar-refractivity contribution in [2.45, 2.75) is 13.5 Å². The Kier molecular flexibility index (Phi) is 3.59. The summed E-state index contributed by atoms with van der Waals surface area (Å²) in [7, 11) is -0.495. The molecule has 1 aromatic rings. The highest BCUT2D eigenvalue weighted by atomic mass is 31.1. The van der Waals surface area contributed by atoms with Crippen molar-refractivity contribution in [2.24, 2.45) is 0 Å². The summed E-state index contributed by atoms with van der Waals surface area (Å²) in [4.78, 5) is 2.08. The topological polar surface area (TPSA) is 25.6 Å². The molecule has 0 bridgehead atoms. The summed E-state index contributed by atoms with van der Waals surface area (Å²) in [6, 6.07) is 3.88.